The van der Waals surface area contributed by atoms with Gasteiger partial charge >= 0.3 is 272 Å². The Morgan fingerprint density at radius 3 is 1.28 bits per heavy atom. The number of aryl methyl sites for hydroxylation is 2. The Morgan fingerprint density at radius 2 is 0.957 bits per heavy atom. The van der Waals surface area contributed by atoms with Crippen LogP contribution in [0.4, 0.5) is 0 Å². The SMILES string of the molecule is CCCc1ccc(-c2cccc3c2C=C(CC)[CH]3[Hf]2([CH]3C(CC)=Cc4c(-c5ccc(CCC)cc5)cccc43)[CH2]C[CH2]2)cc1.Cl.Cl. The van der Waals surface area contributed by atoms with Gasteiger partial charge in [0.05, 0.1) is 0 Å². The first-order valence-corrected chi connectivity index (χ1v) is 26.7. The van der Waals surface area contributed by atoms with Gasteiger partial charge in [-0.25, -0.2) is 0 Å². The zero-order valence-corrected chi connectivity index (χ0v) is 33.3. The summed E-state index contributed by atoms with van der Waals surface area (Å²) in [5.74, 6) is 0. The second-order valence-corrected chi connectivity index (χ2v) is 30.2. The van der Waals surface area contributed by atoms with E-state index in [-0.39, 0.29) is 24.8 Å². The van der Waals surface area contributed by atoms with Gasteiger partial charge in [0.25, 0.3) is 0 Å². The minimum atomic E-state index is -2.98. The van der Waals surface area contributed by atoms with Gasteiger partial charge in [-0.05, 0) is 0 Å². The molecule has 1 aliphatic heterocycles. The largest absolute Gasteiger partial charge is 0.147 e. The van der Waals surface area contributed by atoms with Gasteiger partial charge in [-0.15, -0.1) is 24.8 Å². The second kappa shape index (κ2) is 14.9. The molecule has 240 valence electrons. The predicted molar refractivity (Wildman–Crippen MR) is 202 cm³/mol. The van der Waals surface area contributed by atoms with Crippen LogP contribution < -0.4 is 0 Å². The Morgan fingerprint density at radius 1 is 0.543 bits per heavy atom. The van der Waals surface area contributed by atoms with Gasteiger partial charge in [0.1, 0.15) is 0 Å². The summed E-state index contributed by atoms with van der Waals surface area (Å²) in [5.41, 5.74) is 18.4. The molecule has 4 aromatic carbocycles. The first-order valence-electron chi connectivity index (χ1n) is 17.5. The van der Waals surface area contributed by atoms with Gasteiger partial charge in [0, 0.05) is 0 Å². The van der Waals surface area contributed by atoms with E-state index in [2.05, 4.69) is 125 Å². The van der Waals surface area contributed by atoms with E-state index in [1.165, 1.54) is 85.0 Å². The van der Waals surface area contributed by atoms with Crippen molar-refractivity contribution >= 4 is 37.0 Å². The van der Waals surface area contributed by atoms with Crippen molar-refractivity contribution in [3.8, 4) is 22.3 Å². The fraction of sp³-hybridized carbons (Fsp3) is 0.349. The smallest absolute Gasteiger partial charge is 0.147 e. The molecular weight excluding hydrogens is 766 g/mol. The minimum Gasteiger partial charge on any atom is -0.147 e. The van der Waals surface area contributed by atoms with E-state index in [1.807, 2.05) is 0 Å². The Hall–Kier alpha value is -2.19. The number of hydrogen-bond donors (Lipinski definition) is 0. The average molecular weight is 816 g/mol. The zero-order valence-electron chi connectivity index (χ0n) is 28.1. The molecule has 0 spiro atoms. The molecule has 7 rings (SSSR count). The summed E-state index contributed by atoms with van der Waals surface area (Å²) in [7, 11) is 0. The van der Waals surface area contributed by atoms with Crippen LogP contribution in [-0.4, -0.2) is 0 Å². The Balaban J connectivity index is 0.00000208. The van der Waals surface area contributed by atoms with E-state index in [0.717, 1.165) is 12.8 Å². The minimum absolute atomic E-state index is 0. The van der Waals surface area contributed by atoms with E-state index < -0.39 is 20.0 Å². The summed E-state index contributed by atoms with van der Waals surface area (Å²) < 4.78 is 4.47. The van der Waals surface area contributed by atoms with E-state index in [9.17, 15) is 0 Å². The van der Waals surface area contributed by atoms with Gasteiger partial charge in [0.2, 0.25) is 0 Å². The van der Waals surface area contributed by atoms with Crippen molar-refractivity contribution in [3.05, 3.63) is 129 Å². The number of allylic oxidation sites excluding steroid dienone is 2. The standard InChI is InChI=1S/2C20H21.C3H6.2ClH.Hf/c2*1-3-6-16-9-11-17(12-10-16)19-8-5-7-18-13-15(4-2)14-20(18)19;1-3-2;;;/h2*5,7-14H,3-4,6H2,1-2H3;1-3H2;2*1H;. The fourth-order valence-electron chi connectivity index (χ4n) is 9.01. The van der Waals surface area contributed by atoms with Crippen molar-refractivity contribution in [1.82, 2.24) is 0 Å². The molecule has 4 aromatic rings. The number of rotatable bonds is 10. The van der Waals surface area contributed by atoms with Gasteiger partial charge in [-0.3, -0.25) is 0 Å². The van der Waals surface area contributed by atoms with Crippen LogP contribution in [0.25, 0.3) is 34.4 Å². The molecule has 0 saturated carbocycles. The van der Waals surface area contributed by atoms with Gasteiger partial charge in [-0.1, -0.05) is 0 Å². The number of fused-ring (bicyclic) bond motifs is 2. The molecule has 0 nitrogen and oxygen atoms in total. The molecule has 0 N–H and O–H groups in total. The van der Waals surface area contributed by atoms with E-state index >= 15 is 0 Å². The fourth-order valence-corrected chi connectivity index (χ4v) is 32.2. The molecule has 1 heterocycles. The van der Waals surface area contributed by atoms with Crippen molar-refractivity contribution in [2.24, 2.45) is 0 Å². The maximum atomic E-state index is 2.65. The molecule has 2 unspecified atom stereocenters. The maximum Gasteiger partial charge on any atom is -0.147 e. The Labute approximate surface area is 295 Å². The molecular formula is C43H50Cl2Hf. The van der Waals surface area contributed by atoms with Crippen LogP contribution in [0.2, 0.25) is 8.35 Å². The number of halogens is 2. The van der Waals surface area contributed by atoms with Crippen LogP contribution in [0.3, 0.4) is 0 Å². The molecule has 2 atom stereocenters. The van der Waals surface area contributed by atoms with Crippen LogP contribution >= 0.6 is 24.8 Å². The van der Waals surface area contributed by atoms with Crippen LogP contribution in [0.5, 0.6) is 0 Å². The zero-order chi connectivity index (χ0) is 30.3. The molecule has 1 saturated heterocycles. The van der Waals surface area contributed by atoms with Gasteiger partial charge in [0.15, 0.2) is 0 Å². The van der Waals surface area contributed by atoms with E-state index in [4.69, 9.17) is 0 Å². The Bertz CT molecular complexity index is 1600. The molecule has 3 aliphatic rings. The molecule has 0 aromatic heterocycles. The van der Waals surface area contributed by atoms with Gasteiger partial charge < -0.3 is 0 Å². The summed E-state index contributed by atoms with van der Waals surface area (Å²) in [6.45, 7) is 9.38. The summed E-state index contributed by atoms with van der Waals surface area (Å²) in [5, 5.41) is 0. The van der Waals surface area contributed by atoms with E-state index in [0.29, 0.717) is 7.35 Å². The number of benzene rings is 4. The normalized spacial score (nSPS) is 18.8. The molecule has 2 aliphatic carbocycles. The van der Waals surface area contributed by atoms with Crippen LogP contribution in [0, 0.1) is 0 Å². The predicted octanol–water partition coefficient (Wildman–Crippen LogP) is 13.6. The van der Waals surface area contributed by atoms with Gasteiger partial charge in [-0.2, -0.15) is 0 Å². The van der Waals surface area contributed by atoms with Crippen LogP contribution in [0.1, 0.15) is 101 Å². The summed E-state index contributed by atoms with van der Waals surface area (Å²) in [6.07, 6.45) is 13.8. The van der Waals surface area contributed by atoms with Crippen molar-refractivity contribution in [2.45, 2.75) is 88.3 Å². The third kappa shape index (κ3) is 5.99. The summed E-state index contributed by atoms with van der Waals surface area (Å²) in [6, 6.07) is 33.4. The molecule has 0 amide bonds. The molecule has 0 bridgehead atoms. The first-order chi connectivity index (χ1) is 21.6. The topological polar surface area (TPSA) is 0 Å². The van der Waals surface area contributed by atoms with Crippen LogP contribution in [-0.2, 0) is 32.8 Å². The number of hydrogen-bond acceptors (Lipinski definition) is 0. The van der Waals surface area contributed by atoms with Crippen molar-refractivity contribution in [1.29, 1.82) is 0 Å². The average Bonchev–Trinajstić information content (AvgIpc) is 3.61. The molecule has 46 heavy (non-hydrogen) atoms. The van der Waals surface area contributed by atoms with Crippen molar-refractivity contribution < 1.29 is 20.0 Å². The quantitative estimate of drug-likeness (QED) is 0.140. The summed E-state index contributed by atoms with van der Waals surface area (Å²) >= 11 is -2.98. The summed E-state index contributed by atoms with van der Waals surface area (Å²) in [4.78, 5) is 0. The third-order valence-corrected chi connectivity index (χ3v) is 33.6. The molecule has 3 heteroatoms. The molecule has 1 fully saturated rings. The first kappa shape index (κ1) is 35.1. The van der Waals surface area contributed by atoms with Crippen molar-refractivity contribution in [2.75, 3.05) is 0 Å². The monoisotopic (exact) mass is 816 g/mol. The third-order valence-electron chi connectivity index (χ3n) is 11.2. The maximum absolute atomic E-state index is 2.98. The van der Waals surface area contributed by atoms with Crippen LogP contribution in [0.15, 0.2) is 96.1 Å². The second-order valence-electron chi connectivity index (χ2n) is 13.6. The molecule has 0 radical (unpaired) electrons. The van der Waals surface area contributed by atoms with E-state index in [1.54, 1.807) is 22.3 Å². The van der Waals surface area contributed by atoms with Crippen molar-refractivity contribution in [3.63, 3.8) is 0 Å². The Kier molecular flexibility index (Phi) is 11.4.